The molecule has 8 heteroatoms. The van der Waals surface area contributed by atoms with Gasteiger partial charge in [-0.15, -0.1) is 0 Å². The number of para-hydroxylation sites is 1. The van der Waals surface area contributed by atoms with Crippen LogP contribution in [0.2, 0.25) is 0 Å². The number of aromatic nitrogens is 2. The Morgan fingerprint density at radius 1 is 0.897 bits per heavy atom. The van der Waals surface area contributed by atoms with Crippen LogP contribution in [-0.4, -0.2) is 25.7 Å². The minimum Gasteiger partial charge on any atom is -0.497 e. The van der Waals surface area contributed by atoms with Gasteiger partial charge in [-0.25, -0.2) is 8.42 Å². The van der Waals surface area contributed by atoms with E-state index in [1.54, 1.807) is 61.7 Å². The van der Waals surface area contributed by atoms with Crippen LogP contribution in [0.1, 0.15) is 0 Å². The molecule has 0 bridgehead atoms. The third-order valence-electron chi connectivity index (χ3n) is 4.23. The fraction of sp³-hybridized carbons (Fsp3) is 0.0476. The standard InChI is InChI=1S/C21H17N3O4S/c1-27-16-13-11-15(12-14-16)20-22-21(28-23-20)18-9-5-6-10-19(18)24-29(25,26)17-7-3-2-4-8-17/h2-14,24H,1H3. The molecule has 0 fully saturated rings. The summed E-state index contributed by atoms with van der Waals surface area (Å²) in [6.45, 7) is 0. The quantitative estimate of drug-likeness (QED) is 0.514. The highest BCUT2D eigenvalue weighted by molar-refractivity contribution is 7.92. The molecule has 0 radical (unpaired) electrons. The van der Waals surface area contributed by atoms with Gasteiger partial charge in [0.2, 0.25) is 5.82 Å². The van der Waals surface area contributed by atoms with Crippen LogP contribution in [-0.2, 0) is 10.0 Å². The summed E-state index contributed by atoms with van der Waals surface area (Å²) in [6.07, 6.45) is 0. The van der Waals surface area contributed by atoms with Gasteiger partial charge in [0.15, 0.2) is 0 Å². The van der Waals surface area contributed by atoms with Gasteiger partial charge in [0.1, 0.15) is 5.75 Å². The van der Waals surface area contributed by atoms with Crippen molar-refractivity contribution in [2.24, 2.45) is 0 Å². The lowest BCUT2D eigenvalue weighted by molar-refractivity contribution is 0.415. The van der Waals surface area contributed by atoms with Crippen molar-refractivity contribution in [2.45, 2.75) is 4.90 Å². The molecule has 0 amide bonds. The number of nitrogens with zero attached hydrogens (tertiary/aromatic N) is 2. The van der Waals surface area contributed by atoms with Gasteiger partial charge in [0.25, 0.3) is 15.9 Å². The summed E-state index contributed by atoms with van der Waals surface area (Å²) in [4.78, 5) is 4.58. The second-order valence-corrected chi connectivity index (χ2v) is 7.80. The van der Waals surface area contributed by atoms with Gasteiger partial charge in [0.05, 0.1) is 23.3 Å². The summed E-state index contributed by atoms with van der Waals surface area (Å²) in [5.74, 6) is 1.32. The number of ether oxygens (including phenoxy) is 1. The van der Waals surface area contributed by atoms with Crippen molar-refractivity contribution in [3.63, 3.8) is 0 Å². The van der Waals surface area contributed by atoms with Crippen molar-refractivity contribution >= 4 is 15.7 Å². The fourth-order valence-electron chi connectivity index (χ4n) is 2.75. The zero-order chi connectivity index (χ0) is 20.3. The van der Waals surface area contributed by atoms with E-state index in [0.717, 1.165) is 11.3 Å². The van der Waals surface area contributed by atoms with Crippen molar-refractivity contribution in [3.05, 3.63) is 78.9 Å². The Morgan fingerprint density at radius 2 is 1.59 bits per heavy atom. The number of nitrogens with one attached hydrogen (secondary N) is 1. The molecule has 3 aromatic carbocycles. The van der Waals surface area contributed by atoms with Crippen LogP contribution in [0.5, 0.6) is 5.75 Å². The van der Waals surface area contributed by atoms with Gasteiger partial charge in [0, 0.05) is 5.56 Å². The van der Waals surface area contributed by atoms with Crippen molar-refractivity contribution in [1.29, 1.82) is 0 Å². The van der Waals surface area contributed by atoms with E-state index in [0.29, 0.717) is 17.1 Å². The van der Waals surface area contributed by atoms with Gasteiger partial charge in [-0.1, -0.05) is 35.5 Å². The van der Waals surface area contributed by atoms with Crippen LogP contribution in [0.15, 0.2) is 88.3 Å². The summed E-state index contributed by atoms with van der Waals surface area (Å²) in [6, 6.07) is 22.2. The number of benzene rings is 3. The van der Waals surface area contributed by atoms with Gasteiger partial charge < -0.3 is 9.26 Å². The van der Waals surface area contributed by atoms with Crippen molar-refractivity contribution in [3.8, 4) is 28.6 Å². The van der Waals surface area contributed by atoms with E-state index in [9.17, 15) is 8.42 Å². The monoisotopic (exact) mass is 407 g/mol. The predicted octanol–water partition coefficient (Wildman–Crippen LogP) is 4.21. The van der Waals surface area contributed by atoms with Gasteiger partial charge in [-0.3, -0.25) is 4.72 Å². The molecule has 0 aliphatic heterocycles. The van der Waals surface area contributed by atoms with Gasteiger partial charge in [-0.05, 0) is 48.5 Å². The van der Waals surface area contributed by atoms with Crippen LogP contribution < -0.4 is 9.46 Å². The Hall–Kier alpha value is -3.65. The molecule has 4 rings (SSSR count). The second-order valence-electron chi connectivity index (χ2n) is 6.12. The highest BCUT2D eigenvalue weighted by atomic mass is 32.2. The maximum absolute atomic E-state index is 12.7. The molecule has 1 N–H and O–H groups in total. The SMILES string of the molecule is COc1ccc(-c2noc(-c3ccccc3NS(=O)(=O)c3ccccc3)n2)cc1. The first kappa shape index (κ1) is 18.7. The second kappa shape index (κ2) is 7.76. The molecule has 1 heterocycles. The number of methoxy groups -OCH3 is 1. The molecule has 7 nitrogen and oxygen atoms in total. The molecule has 0 aliphatic carbocycles. The van der Waals surface area contributed by atoms with E-state index >= 15 is 0 Å². The smallest absolute Gasteiger partial charge is 0.261 e. The molecule has 0 saturated carbocycles. The van der Waals surface area contributed by atoms with E-state index in [2.05, 4.69) is 14.9 Å². The van der Waals surface area contributed by atoms with Crippen LogP contribution in [0.4, 0.5) is 5.69 Å². The van der Waals surface area contributed by atoms with E-state index in [4.69, 9.17) is 9.26 Å². The highest BCUT2D eigenvalue weighted by Gasteiger charge is 2.19. The van der Waals surface area contributed by atoms with Gasteiger partial charge in [-0.2, -0.15) is 4.98 Å². The first-order chi connectivity index (χ1) is 14.1. The molecule has 0 spiro atoms. The first-order valence-electron chi connectivity index (χ1n) is 8.72. The first-order valence-corrected chi connectivity index (χ1v) is 10.2. The molecule has 0 saturated heterocycles. The van der Waals surface area contributed by atoms with E-state index < -0.39 is 10.0 Å². The highest BCUT2D eigenvalue weighted by Crippen LogP contribution is 2.30. The van der Waals surface area contributed by atoms with E-state index in [-0.39, 0.29) is 10.8 Å². The molecular formula is C21H17N3O4S. The lowest BCUT2D eigenvalue weighted by atomic mass is 10.2. The molecule has 0 atom stereocenters. The Kier molecular flexibility index (Phi) is 5.01. The van der Waals surface area contributed by atoms with Crippen molar-refractivity contribution < 1.29 is 17.7 Å². The summed E-state index contributed by atoms with van der Waals surface area (Å²) in [5, 5.41) is 4.01. The molecular weight excluding hydrogens is 390 g/mol. The Bertz CT molecular complexity index is 1220. The van der Waals surface area contributed by atoms with Crippen LogP contribution >= 0.6 is 0 Å². The summed E-state index contributed by atoms with van der Waals surface area (Å²) in [7, 11) is -2.16. The average molecular weight is 407 g/mol. The maximum Gasteiger partial charge on any atom is 0.261 e. The third-order valence-corrected chi connectivity index (χ3v) is 5.61. The normalized spacial score (nSPS) is 11.2. The van der Waals surface area contributed by atoms with E-state index in [1.807, 2.05) is 12.1 Å². The Morgan fingerprint density at radius 3 is 2.31 bits per heavy atom. The topological polar surface area (TPSA) is 94.3 Å². The molecule has 29 heavy (non-hydrogen) atoms. The molecule has 1 aromatic heterocycles. The number of hydrogen-bond donors (Lipinski definition) is 1. The minimum absolute atomic E-state index is 0.166. The van der Waals surface area contributed by atoms with Crippen molar-refractivity contribution in [1.82, 2.24) is 10.1 Å². The minimum atomic E-state index is -3.75. The molecule has 0 aliphatic rings. The third kappa shape index (κ3) is 3.97. The predicted molar refractivity (Wildman–Crippen MR) is 109 cm³/mol. The molecule has 146 valence electrons. The fourth-order valence-corrected chi connectivity index (χ4v) is 3.85. The zero-order valence-corrected chi connectivity index (χ0v) is 16.3. The van der Waals surface area contributed by atoms with E-state index in [1.165, 1.54) is 12.1 Å². The Balaban J connectivity index is 1.66. The summed E-state index contributed by atoms with van der Waals surface area (Å²) in [5.41, 5.74) is 1.59. The lowest BCUT2D eigenvalue weighted by Crippen LogP contribution is -2.13. The van der Waals surface area contributed by atoms with Gasteiger partial charge >= 0.3 is 0 Å². The number of anilines is 1. The number of rotatable bonds is 6. The van der Waals surface area contributed by atoms with Crippen LogP contribution in [0.25, 0.3) is 22.8 Å². The molecule has 0 unspecified atom stereocenters. The maximum atomic E-state index is 12.7. The van der Waals surface area contributed by atoms with Crippen LogP contribution in [0, 0.1) is 0 Å². The number of sulfonamides is 1. The summed E-state index contributed by atoms with van der Waals surface area (Å²) < 4.78 is 38.5. The zero-order valence-electron chi connectivity index (χ0n) is 15.4. The number of hydrogen-bond acceptors (Lipinski definition) is 6. The van der Waals surface area contributed by atoms with Crippen molar-refractivity contribution in [2.75, 3.05) is 11.8 Å². The summed E-state index contributed by atoms with van der Waals surface area (Å²) >= 11 is 0. The lowest BCUT2D eigenvalue weighted by Gasteiger charge is -2.10. The molecule has 4 aromatic rings. The van der Waals surface area contributed by atoms with Crippen LogP contribution in [0.3, 0.4) is 0 Å². The average Bonchev–Trinajstić information content (AvgIpc) is 3.25. The Labute approximate surface area is 168 Å². The largest absolute Gasteiger partial charge is 0.497 e.